The van der Waals surface area contributed by atoms with Crippen LogP contribution in [0, 0.1) is 13.8 Å². The summed E-state index contributed by atoms with van der Waals surface area (Å²) in [6.07, 6.45) is 2.97. The maximum Gasteiger partial charge on any atom is 0.223 e. The van der Waals surface area contributed by atoms with Gasteiger partial charge in [0.2, 0.25) is 5.95 Å². The van der Waals surface area contributed by atoms with Crippen molar-refractivity contribution < 1.29 is 0 Å². The molecular formula is C15H20N4S. The minimum atomic E-state index is 0.456. The highest BCUT2D eigenvalue weighted by atomic mass is 32.1. The number of aromatic nitrogens is 2. The molecule has 1 atom stereocenters. The highest BCUT2D eigenvalue weighted by Gasteiger charge is 2.23. The summed E-state index contributed by atoms with van der Waals surface area (Å²) >= 11 is 1.89. The van der Waals surface area contributed by atoms with Crippen molar-refractivity contribution in [2.24, 2.45) is 0 Å². The van der Waals surface area contributed by atoms with Gasteiger partial charge in [0.05, 0.1) is 0 Å². The molecule has 1 N–H and O–H groups in total. The lowest BCUT2D eigenvalue weighted by Crippen LogP contribution is -2.26. The first kappa shape index (κ1) is 13.5. The van der Waals surface area contributed by atoms with E-state index in [1.54, 1.807) is 0 Å². The van der Waals surface area contributed by atoms with Crippen LogP contribution >= 0.6 is 11.3 Å². The molecule has 5 heteroatoms. The third-order valence-electron chi connectivity index (χ3n) is 3.58. The minimum absolute atomic E-state index is 0.456. The smallest absolute Gasteiger partial charge is 0.223 e. The summed E-state index contributed by atoms with van der Waals surface area (Å²) in [7, 11) is 0. The van der Waals surface area contributed by atoms with E-state index in [0.717, 1.165) is 37.7 Å². The number of hydrogen-bond donors (Lipinski definition) is 1. The van der Waals surface area contributed by atoms with E-state index < -0.39 is 0 Å². The molecule has 4 nitrogen and oxygen atoms in total. The lowest BCUT2D eigenvalue weighted by molar-refractivity contribution is 0.331. The lowest BCUT2D eigenvalue weighted by Gasteiger charge is -2.15. The van der Waals surface area contributed by atoms with E-state index in [1.807, 2.05) is 30.5 Å². The van der Waals surface area contributed by atoms with Crippen molar-refractivity contribution in [1.29, 1.82) is 0 Å². The number of rotatable bonds is 4. The van der Waals surface area contributed by atoms with Gasteiger partial charge >= 0.3 is 0 Å². The number of likely N-dealkylation sites (tertiary alicyclic amines) is 1. The number of hydrogen-bond acceptors (Lipinski definition) is 5. The molecule has 1 aliphatic heterocycles. The third-order valence-corrected chi connectivity index (χ3v) is 4.56. The van der Waals surface area contributed by atoms with Crippen LogP contribution < -0.4 is 5.32 Å². The highest BCUT2D eigenvalue weighted by Crippen LogP contribution is 2.20. The summed E-state index contributed by atoms with van der Waals surface area (Å²) in [6, 6.07) is 6.82. The lowest BCUT2D eigenvalue weighted by atomic mass is 10.3. The zero-order valence-corrected chi connectivity index (χ0v) is 12.8. The second-order valence-corrected chi connectivity index (χ2v) is 6.77. The van der Waals surface area contributed by atoms with Crippen molar-refractivity contribution in [3.05, 3.63) is 39.8 Å². The summed E-state index contributed by atoms with van der Waals surface area (Å²) in [6.45, 7) is 7.42. The number of anilines is 1. The zero-order valence-electron chi connectivity index (χ0n) is 12.0. The Hall–Kier alpha value is -1.46. The van der Waals surface area contributed by atoms with Gasteiger partial charge in [0.25, 0.3) is 0 Å². The molecule has 0 radical (unpaired) electrons. The topological polar surface area (TPSA) is 41.1 Å². The van der Waals surface area contributed by atoms with Crippen LogP contribution in [0.4, 0.5) is 5.95 Å². The van der Waals surface area contributed by atoms with Gasteiger partial charge in [-0.25, -0.2) is 9.97 Å². The largest absolute Gasteiger partial charge is 0.350 e. The Kier molecular flexibility index (Phi) is 3.98. The number of nitrogens with one attached hydrogen (secondary N) is 1. The van der Waals surface area contributed by atoms with Crippen LogP contribution in [0.15, 0.2) is 24.4 Å². The zero-order chi connectivity index (χ0) is 13.9. The van der Waals surface area contributed by atoms with Gasteiger partial charge in [-0.05, 0) is 38.5 Å². The maximum absolute atomic E-state index is 4.41. The van der Waals surface area contributed by atoms with Gasteiger partial charge < -0.3 is 5.32 Å². The van der Waals surface area contributed by atoms with Crippen molar-refractivity contribution in [2.75, 3.05) is 18.4 Å². The van der Waals surface area contributed by atoms with Crippen molar-refractivity contribution in [3.8, 4) is 0 Å². The molecule has 1 saturated heterocycles. The van der Waals surface area contributed by atoms with Crippen LogP contribution in [0.5, 0.6) is 0 Å². The molecule has 2 aromatic rings. The summed E-state index contributed by atoms with van der Waals surface area (Å²) in [4.78, 5) is 14.0. The van der Waals surface area contributed by atoms with Gasteiger partial charge in [0.15, 0.2) is 0 Å². The monoisotopic (exact) mass is 288 g/mol. The molecule has 2 aromatic heterocycles. The van der Waals surface area contributed by atoms with Gasteiger partial charge in [-0.15, -0.1) is 11.3 Å². The Morgan fingerprint density at radius 2 is 2.25 bits per heavy atom. The Morgan fingerprint density at radius 1 is 1.35 bits per heavy atom. The number of thiophene rings is 1. The van der Waals surface area contributed by atoms with Gasteiger partial charge in [-0.3, -0.25) is 4.90 Å². The molecule has 0 aliphatic carbocycles. The predicted octanol–water partition coefficient (Wildman–Crippen LogP) is 2.84. The van der Waals surface area contributed by atoms with Gasteiger partial charge in [-0.1, -0.05) is 0 Å². The van der Waals surface area contributed by atoms with Crippen molar-refractivity contribution in [1.82, 2.24) is 14.9 Å². The van der Waals surface area contributed by atoms with E-state index >= 15 is 0 Å². The average molecular weight is 288 g/mol. The summed E-state index contributed by atoms with van der Waals surface area (Å²) < 4.78 is 0. The van der Waals surface area contributed by atoms with Crippen molar-refractivity contribution in [2.45, 2.75) is 32.9 Å². The molecule has 0 saturated carbocycles. The number of nitrogens with zero attached hydrogens (tertiary/aromatic N) is 3. The SMILES string of the molecule is Cc1ccnc(NC2CCN(Cc3ccc(C)s3)C2)n1. The second kappa shape index (κ2) is 5.89. The molecule has 0 amide bonds. The fourth-order valence-corrected chi connectivity index (χ4v) is 3.52. The second-order valence-electron chi connectivity index (χ2n) is 5.40. The predicted molar refractivity (Wildman–Crippen MR) is 83.1 cm³/mol. The van der Waals surface area contributed by atoms with E-state index in [-0.39, 0.29) is 0 Å². The molecular weight excluding hydrogens is 268 g/mol. The van der Waals surface area contributed by atoms with Gasteiger partial charge in [-0.2, -0.15) is 0 Å². The Morgan fingerprint density at radius 3 is 3.00 bits per heavy atom. The van der Waals surface area contributed by atoms with E-state index in [9.17, 15) is 0 Å². The summed E-state index contributed by atoms with van der Waals surface area (Å²) in [5.74, 6) is 0.754. The fourth-order valence-electron chi connectivity index (χ4n) is 2.59. The highest BCUT2D eigenvalue weighted by molar-refractivity contribution is 7.11. The third kappa shape index (κ3) is 3.35. The van der Waals surface area contributed by atoms with Crippen molar-refractivity contribution in [3.63, 3.8) is 0 Å². The Labute approximate surface area is 123 Å². The Balaban J connectivity index is 1.54. The minimum Gasteiger partial charge on any atom is -0.350 e. The molecule has 3 heterocycles. The van der Waals surface area contributed by atoms with Crippen LogP contribution in [0.2, 0.25) is 0 Å². The molecule has 3 rings (SSSR count). The van der Waals surface area contributed by atoms with E-state index in [2.05, 4.69) is 39.2 Å². The van der Waals surface area contributed by atoms with Crippen LogP contribution in [0.25, 0.3) is 0 Å². The molecule has 0 aromatic carbocycles. The molecule has 1 fully saturated rings. The fraction of sp³-hybridized carbons (Fsp3) is 0.467. The summed E-state index contributed by atoms with van der Waals surface area (Å²) in [5, 5.41) is 3.44. The van der Waals surface area contributed by atoms with E-state index in [1.165, 1.54) is 9.75 Å². The summed E-state index contributed by atoms with van der Waals surface area (Å²) in [5.41, 5.74) is 1.01. The number of aryl methyl sites for hydroxylation is 2. The van der Waals surface area contributed by atoms with Crippen LogP contribution in [-0.2, 0) is 6.54 Å². The Bertz CT molecular complexity index is 581. The van der Waals surface area contributed by atoms with Crippen LogP contribution in [-0.4, -0.2) is 34.0 Å². The van der Waals surface area contributed by atoms with Gasteiger partial charge in [0, 0.05) is 47.3 Å². The van der Waals surface area contributed by atoms with Crippen LogP contribution in [0.1, 0.15) is 21.9 Å². The standard InChI is InChI=1S/C15H20N4S/c1-11-5-7-16-15(17-11)18-13-6-8-19(9-13)10-14-4-3-12(2)20-14/h3-5,7,13H,6,8-10H2,1-2H3,(H,16,17,18). The van der Waals surface area contributed by atoms with E-state index in [0.29, 0.717) is 6.04 Å². The van der Waals surface area contributed by atoms with Gasteiger partial charge in [0.1, 0.15) is 0 Å². The molecule has 0 spiro atoms. The normalized spacial score (nSPS) is 19.4. The molecule has 0 bridgehead atoms. The van der Waals surface area contributed by atoms with Crippen molar-refractivity contribution >= 4 is 17.3 Å². The first-order valence-electron chi connectivity index (χ1n) is 7.03. The first-order chi connectivity index (χ1) is 9.69. The average Bonchev–Trinajstić information content (AvgIpc) is 3.00. The molecule has 20 heavy (non-hydrogen) atoms. The van der Waals surface area contributed by atoms with E-state index in [4.69, 9.17) is 0 Å². The molecule has 1 unspecified atom stereocenters. The van der Waals surface area contributed by atoms with Crippen LogP contribution in [0.3, 0.4) is 0 Å². The first-order valence-corrected chi connectivity index (χ1v) is 7.84. The molecule has 1 aliphatic rings. The quantitative estimate of drug-likeness (QED) is 0.939. The maximum atomic E-state index is 4.41. The molecule has 106 valence electrons.